The third-order valence-electron chi connectivity index (χ3n) is 1.45. The van der Waals surface area contributed by atoms with E-state index >= 15 is 0 Å². The van der Waals surface area contributed by atoms with E-state index in [1.807, 2.05) is 0 Å². The molecule has 0 aliphatic rings. The monoisotopic (exact) mass is 265 g/mol. The molecule has 0 aromatic rings. The van der Waals surface area contributed by atoms with Gasteiger partial charge < -0.3 is 14.9 Å². The summed E-state index contributed by atoms with van der Waals surface area (Å²) < 4.78 is 10.9. The molecule has 0 rings (SSSR count). The molecule has 14 heavy (non-hydrogen) atoms. The Morgan fingerprint density at radius 1 is 1.43 bits per heavy atom. The molecule has 0 bridgehead atoms. The molecule has 0 amide bonds. The molecule has 0 heterocycles. The zero-order valence-corrected chi connectivity index (χ0v) is 9.41. The van der Waals surface area contributed by atoms with E-state index in [0.29, 0.717) is 3.94 Å². The Balaban J connectivity index is 3.97. The van der Waals surface area contributed by atoms with Crippen molar-refractivity contribution in [2.45, 2.75) is 18.9 Å². The van der Waals surface area contributed by atoms with Gasteiger partial charge in [0.2, 0.25) is 0 Å². The van der Waals surface area contributed by atoms with Crippen LogP contribution in [0.25, 0.3) is 0 Å². The standard InChI is InChI=1S/C5H10Cl2NO5P/c6-8(7)4(5(9)10)2-1-3-14(11,12)13/h4H,1-3H2,(H,9,10)(H2,11,12,13)/t4-/m0/s1. The predicted octanol–water partition coefficient (Wildman–Crippen LogP) is 1.01. The largest absolute Gasteiger partial charge is 0.480 e. The van der Waals surface area contributed by atoms with E-state index < -0.39 is 19.6 Å². The van der Waals surface area contributed by atoms with Crippen LogP contribution in [0.15, 0.2) is 0 Å². The second-order valence-corrected chi connectivity index (χ2v) is 5.32. The van der Waals surface area contributed by atoms with Crippen molar-refractivity contribution in [1.82, 2.24) is 3.94 Å². The number of aliphatic carboxylic acids is 1. The molecule has 9 heteroatoms. The summed E-state index contributed by atoms with van der Waals surface area (Å²) in [5, 5.41) is 8.57. The van der Waals surface area contributed by atoms with Crippen LogP contribution in [0, 0.1) is 0 Å². The number of halogens is 2. The number of carbonyl (C=O) groups is 1. The highest BCUT2D eigenvalue weighted by atomic mass is 35.5. The van der Waals surface area contributed by atoms with Gasteiger partial charge in [-0.05, 0) is 36.4 Å². The summed E-state index contributed by atoms with van der Waals surface area (Å²) in [5.74, 6) is -1.24. The molecule has 0 spiro atoms. The van der Waals surface area contributed by atoms with Gasteiger partial charge in [0, 0.05) is 6.16 Å². The fourth-order valence-corrected chi connectivity index (χ4v) is 1.75. The minimum Gasteiger partial charge on any atom is -0.480 e. The summed E-state index contributed by atoms with van der Waals surface area (Å²) in [6.45, 7) is 0. The van der Waals surface area contributed by atoms with Crippen LogP contribution in [0.1, 0.15) is 12.8 Å². The van der Waals surface area contributed by atoms with Crippen molar-refractivity contribution in [3.05, 3.63) is 0 Å². The third-order valence-corrected chi connectivity index (χ3v) is 2.82. The number of hydrogen-bond donors (Lipinski definition) is 3. The maximum Gasteiger partial charge on any atom is 0.325 e. The van der Waals surface area contributed by atoms with Gasteiger partial charge in [-0.1, -0.05) is 0 Å². The van der Waals surface area contributed by atoms with Crippen molar-refractivity contribution in [1.29, 1.82) is 0 Å². The van der Waals surface area contributed by atoms with Gasteiger partial charge in [0.1, 0.15) is 6.04 Å². The van der Waals surface area contributed by atoms with E-state index in [4.69, 9.17) is 38.4 Å². The van der Waals surface area contributed by atoms with Crippen molar-refractivity contribution in [3.8, 4) is 0 Å². The van der Waals surface area contributed by atoms with Crippen LogP contribution < -0.4 is 0 Å². The molecule has 3 N–H and O–H groups in total. The molecular formula is C5H10Cl2NO5P. The Bertz CT molecular complexity index is 242. The normalized spacial score (nSPS) is 14.4. The van der Waals surface area contributed by atoms with Gasteiger partial charge >= 0.3 is 13.6 Å². The minimum absolute atomic E-state index is 0.0204. The van der Waals surface area contributed by atoms with Crippen molar-refractivity contribution < 1.29 is 24.3 Å². The summed E-state index contributed by atoms with van der Waals surface area (Å²) >= 11 is 10.4. The van der Waals surface area contributed by atoms with Crippen LogP contribution in [0.2, 0.25) is 0 Å². The SMILES string of the molecule is O=C(O)[C@H](CCCP(=O)(O)O)N(Cl)Cl. The first-order valence-electron chi connectivity index (χ1n) is 3.62. The summed E-state index contributed by atoms with van der Waals surface area (Å²) in [5.41, 5.74) is 0. The lowest BCUT2D eigenvalue weighted by Crippen LogP contribution is -2.29. The van der Waals surface area contributed by atoms with E-state index in [1.165, 1.54) is 0 Å². The first kappa shape index (κ1) is 14.2. The average Bonchev–Trinajstić information content (AvgIpc) is 1.94. The van der Waals surface area contributed by atoms with Crippen molar-refractivity contribution in [2.75, 3.05) is 6.16 Å². The lowest BCUT2D eigenvalue weighted by atomic mass is 10.2. The predicted molar refractivity (Wildman–Crippen MR) is 51.1 cm³/mol. The van der Waals surface area contributed by atoms with Crippen LogP contribution >= 0.6 is 31.1 Å². The van der Waals surface area contributed by atoms with Gasteiger partial charge in [0.15, 0.2) is 0 Å². The van der Waals surface area contributed by atoms with Crippen LogP contribution in [0.3, 0.4) is 0 Å². The fourth-order valence-electron chi connectivity index (χ4n) is 0.795. The molecule has 0 unspecified atom stereocenters. The van der Waals surface area contributed by atoms with Gasteiger partial charge in [-0.15, -0.1) is 3.94 Å². The van der Waals surface area contributed by atoms with E-state index in [1.54, 1.807) is 0 Å². The number of carboxylic acid groups (broad SMARTS) is 1. The van der Waals surface area contributed by atoms with Crippen LogP contribution in [0.5, 0.6) is 0 Å². The highest BCUT2D eigenvalue weighted by molar-refractivity contribution is 7.51. The molecule has 1 atom stereocenters. The second-order valence-electron chi connectivity index (χ2n) is 2.64. The molecule has 0 aromatic heterocycles. The van der Waals surface area contributed by atoms with Crippen LogP contribution in [-0.4, -0.2) is 37.0 Å². The van der Waals surface area contributed by atoms with E-state index in [2.05, 4.69) is 0 Å². The van der Waals surface area contributed by atoms with E-state index in [9.17, 15) is 9.36 Å². The zero-order chi connectivity index (χ0) is 11.4. The van der Waals surface area contributed by atoms with Crippen molar-refractivity contribution >= 4 is 37.1 Å². The molecule has 6 nitrogen and oxygen atoms in total. The van der Waals surface area contributed by atoms with E-state index in [0.717, 1.165) is 0 Å². The molecule has 0 aliphatic carbocycles. The van der Waals surface area contributed by atoms with Crippen LogP contribution in [-0.2, 0) is 9.36 Å². The maximum absolute atomic E-state index is 10.5. The Morgan fingerprint density at radius 2 is 1.93 bits per heavy atom. The quantitative estimate of drug-likeness (QED) is 0.490. The first-order valence-corrected chi connectivity index (χ1v) is 6.09. The van der Waals surface area contributed by atoms with Gasteiger partial charge in [-0.3, -0.25) is 9.36 Å². The fraction of sp³-hybridized carbons (Fsp3) is 0.800. The molecule has 0 aromatic carbocycles. The third kappa shape index (κ3) is 6.59. The molecule has 0 saturated carbocycles. The summed E-state index contributed by atoms with van der Waals surface area (Å²) in [6.07, 6.45) is -0.358. The number of hydrogen-bond acceptors (Lipinski definition) is 3. The lowest BCUT2D eigenvalue weighted by Gasteiger charge is -2.14. The topological polar surface area (TPSA) is 98.1 Å². The molecule has 0 aliphatic heterocycles. The molecule has 0 radical (unpaired) electrons. The van der Waals surface area contributed by atoms with Crippen LogP contribution in [0.4, 0.5) is 0 Å². The minimum atomic E-state index is -4.08. The molecule has 0 saturated heterocycles. The molecule has 84 valence electrons. The highest BCUT2D eigenvalue weighted by Gasteiger charge is 2.24. The summed E-state index contributed by atoms with van der Waals surface area (Å²) in [6, 6.07) is -1.15. The zero-order valence-electron chi connectivity index (χ0n) is 7.01. The van der Waals surface area contributed by atoms with E-state index in [-0.39, 0.29) is 19.0 Å². The lowest BCUT2D eigenvalue weighted by molar-refractivity contribution is -0.140. The Morgan fingerprint density at radius 3 is 2.21 bits per heavy atom. The van der Waals surface area contributed by atoms with Crippen molar-refractivity contribution in [2.24, 2.45) is 0 Å². The molecule has 0 fully saturated rings. The Kier molecular flexibility index (Phi) is 5.97. The Hall–Kier alpha value is 0.160. The highest BCUT2D eigenvalue weighted by Crippen LogP contribution is 2.35. The van der Waals surface area contributed by atoms with Gasteiger partial charge in [0.05, 0.1) is 0 Å². The van der Waals surface area contributed by atoms with Gasteiger partial charge in [-0.25, -0.2) is 0 Å². The summed E-state index contributed by atoms with van der Waals surface area (Å²) in [7, 11) is -4.08. The molecular weight excluding hydrogens is 256 g/mol. The van der Waals surface area contributed by atoms with Crippen molar-refractivity contribution in [3.63, 3.8) is 0 Å². The average molecular weight is 266 g/mol. The summed E-state index contributed by atoms with van der Waals surface area (Å²) in [4.78, 5) is 27.5. The number of rotatable bonds is 6. The number of nitrogens with zero attached hydrogens (tertiary/aromatic N) is 1. The first-order chi connectivity index (χ1) is 6.24. The maximum atomic E-state index is 10.5. The van der Waals surface area contributed by atoms with Gasteiger partial charge in [0.25, 0.3) is 0 Å². The van der Waals surface area contributed by atoms with Gasteiger partial charge in [-0.2, -0.15) is 0 Å². The second kappa shape index (κ2) is 5.90. The Labute approximate surface area is 90.8 Å². The number of carboxylic acids is 1. The smallest absolute Gasteiger partial charge is 0.325 e.